The molecule has 1 aromatic carbocycles. The summed E-state index contributed by atoms with van der Waals surface area (Å²) in [5.74, 6) is 0.736. The second-order valence-electron chi connectivity index (χ2n) is 5.77. The Kier molecular flexibility index (Phi) is 5.68. The van der Waals surface area contributed by atoms with E-state index in [9.17, 15) is 0 Å². The summed E-state index contributed by atoms with van der Waals surface area (Å²) in [6.07, 6.45) is 5.43. The van der Waals surface area contributed by atoms with E-state index in [-0.39, 0.29) is 12.4 Å². The summed E-state index contributed by atoms with van der Waals surface area (Å²) in [7, 11) is 0. The maximum atomic E-state index is 3.50. The van der Waals surface area contributed by atoms with Crippen LogP contribution in [0.2, 0.25) is 0 Å². The molecule has 0 saturated carbocycles. The average Bonchev–Trinajstić information content (AvgIpc) is 2.94. The average molecular weight is 281 g/mol. The molecule has 0 aliphatic carbocycles. The first-order chi connectivity index (χ1) is 8.92. The van der Waals surface area contributed by atoms with Crippen molar-refractivity contribution in [3.63, 3.8) is 0 Å². The number of hydrogen-bond acceptors (Lipinski definition) is 2. The molecular weight excluding hydrogens is 256 g/mol. The number of nitrogens with zero attached hydrogens (tertiary/aromatic N) is 1. The second-order valence-corrected chi connectivity index (χ2v) is 5.77. The van der Waals surface area contributed by atoms with Crippen LogP contribution in [0.5, 0.6) is 0 Å². The number of halogens is 1. The van der Waals surface area contributed by atoms with Crippen LogP contribution < -0.4 is 5.32 Å². The van der Waals surface area contributed by atoms with Crippen molar-refractivity contribution in [2.45, 2.75) is 38.1 Å². The molecule has 0 bridgehead atoms. The number of rotatable bonds is 3. The molecule has 0 radical (unpaired) electrons. The van der Waals surface area contributed by atoms with Gasteiger partial charge in [0.15, 0.2) is 0 Å². The van der Waals surface area contributed by atoms with Crippen LogP contribution in [0.25, 0.3) is 0 Å². The molecule has 3 heteroatoms. The van der Waals surface area contributed by atoms with Crippen molar-refractivity contribution in [3.8, 4) is 0 Å². The fraction of sp³-hybridized carbons (Fsp3) is 0.625. The van der Waals surface area contributed by atoms with Gasteiger partial charge in [-0.05, 0) is 62.4 Å². The van der Waals surface area contributed by atoms with E-state index in [1.165, 1.54) is 56.4 Å². The maximum absolute atomic E-state index is 3.50. The zero-order valence-corrected chi connectivity index (χ0v) is 12.4. The Morgan fingerprint density at radius 2 is 1.79 bits per heavy atom. The van der Waals surface area contributed by atoms with E-state index < -0.39 is 0 Å². The molecule has 3 rings (SSSR count). The largest absolute Gasteiger partial charge is 0.316 e. The summed E-state index contributed by atoms with van der Waals surface area (Å²) in [4.78, 5) is 2.57. The van der Waals surface area contributed by atoms with Gasteiger partial charge in [0, 0.05) is 13.1 Å². The minimum absolute atomic E-state index is 0. The smallest absolute Gasteiger partial charge is 0.0233 e. The molecule has 106 valence electrons. The Morgan fingerprint density at radius 3 is 2.42 bits per heavy atom. The maximum Gasteiger partial charge on any atom is 0.0233 e. The van der Waals surface area contributed by atoms with Gasteiger partial charge >= 0.3 is 0 Å². The summed E-state index contributed by atoms with van der Waals surface area (Å²) in [6, 6.07) is 9.37. The highest BCUT2D eigenvalue weighted by Gasteiger charge is 2.15. The summed E-state index contributed by atoms with van der Waals surface area (Å²) < 4.78 is 0. The van der Waals surface area contributed by atoms with Crippen molar-refractivity contribution >= 4 is 12.4 Å². The number of nitrogens with one attached hydrogen (secondary N) is 1. The van der Waals surface area contributed by atoms with Crippen LogP contribution in [0, 0.1) is 0 Å². The summed E-state index contributed by atoms with van der Waals surface area (Å²) in [6.45, 7) is 6.07. The normalized spacial score (nSPS) is 24.1. The predicted molar refractivity (Wildman–Crippen MR) is 83.0 cm³/mol. The van der Waals surface area contributed by atoms with E-state index >= 15 is 0 Å². The van der Waals surface area contributed by atoms with Gasteiger partial charge in [-0.25, -0.2) is 0 Å². The molecule has 1 N–H and O–H groups in total. The van der Waals surface area contributed by atoms with Gasteiger partial charge in [-0.1, -0.05) is 24.3 Å². The zero-order valence-electron chi connectivity index (χ0n) is 11.6. The van der Waals surface area contributed by atoms with E-state index in [2.05, 4.69) is 34.5 Å². The van der Waals surface area contributed by atoms with Gasteiger partial charge in [0.25, 0.3) is 0 Å². The lowest BCUT2D eigenvalue weighted by Gasteiger charge is -2.23. The van der Waals surface area contributed by atoms with Crippen LogP contribution in [0.4, 0.5) is 0 Å². The summed E-state index contributed by atoms with van der Waals surface area (Å²) in [5, 5.41) is 3.50. The van der Waals surface area contributed by atoms with Crippen LogP contribution in [-0.2, 0) is 6.54 Å². The highest BCUT2D eigenvalue weighted by molar-refractivity contribution is 5.85. The Balaban J connectivity index is 0.00000133. The van der Waals surface area contributed by atoms with Gasteiger partial charge in [0.05, 0.1) is 0 Å². The van der Waals surface area contributed by atoms with Crippen LogP contribution >= 0.6 is 12.4 Å². The monoisotopic (exact) mass is 280 g/mol. The molecule has 2 nitrogen and oxygen atoms in total. The second kappa shape index (κ2) is 7.28. The first kappa shape index (κ1) is 14.8. The van der Waals surface area contributed by atoms with Gasteiger partial charge < -0.3 is 5.32 Å². The Bertz CT molecular complexity index is 365. The molecule has 0 amide bonds. The molecule has 2 saturated heterocycles. The summed E-state index contributed by atoms with van der Waals surface area (Å²) >= 11 is 0. The number of piperidine rings is 1. The number of likely N-dealkylation sites (tertiary alicyclic amines) is 1. The number of benzene rings is 1. The standard InChI is InChI=1S/C16H24N2.ClH/c1-2-11-18(10-1)13-14-5-7-15(8-6-14)16-4-3-9-17-12-16;/h5-8,16-17H,1-4,9-13H2;1H. The van der Waals surface area contributed by atoms with Crippen molar-refractivity contribution in [1.82, 2.24) is 10.2 Å². The zero-order chi connectivity index (χ0) is 12.2. The highest BCUT2D eigenvalue weighted by Crippen LogP contribution is 2.23. The Morgan fingerprint density at radius 1 is 1.05 bits per heavy atom. The van der Waals surface area contributed by atoms with E-state index in [1.54, 1.807) is 0 Å². The minimum Gasteiger partial charge on any atom is -0.316 e. The quantitative estimate of drug-likeness (QED) is 0.915. The molecule has 2 aliphatic rings. The minimum atomic E-state index is 0. The lowest BCUT2D eigenvalue weighted by Crippen LogP contribution is -2.28. The first-order valence-corrected chi connectivity index (χ1v) is 7.44. The molecule has 0 aromatic heterocycles. The van der Waals surface area contributed by atoms with E-state index in [0.717, 1.165) is 19.0 Å². The van der Waals surface area contributed by atoms with Crippen LogP contribution in [0.3, 0.4) is 0 Å². The lowest BCUT2D eigenvalue weighted by molar-refractivity contribution is 0.331. The van der Waals surface area contributed by atoms with E-state index in [4.69, 9.17) is 0 Å². The van der Waals surface area contributed by atoms with Crippen molar-refractivity contribution in [3.05, 3.63) is 35.4 Å². The first-order valence-electron chi connectivity index (χ1n) is 7.44. The molecule has 2 aliphatic heterocycles. The van der Waals surface area contributed by atoms with Crippen LogP contribution in [-0.4, -0.2) is 31.1 Å². The van der Waals surface area contributed by atoms with Crippen molar-refractivity contribution < 1.29 is 0 Å². The van der Waals surface area contributed by atoms with Crippen molar-refractivity contribution in [2.75, 3.05) is 26.2 Å². The van der Waals surface area contributed by atoms with E-state index in [0.29, 0.717) is 0 Å². The van der Waals surface area contributed by atoms with Crippen molar-refractivity contribution in [2.24, 2.45) is 0 Å². The predicted octanol–water partition coefficient (Wildman–Crippen LogP) is 3.17. The fourth-order valence-electron chi connectivity index (χ4n) is 3.23. The van der Waals surface area contributed by atoms with Gasteiger partial charge in [-0.2, -0.15) is 0 Å². The summed E-state index contributed by atoms with van der Waals surface area (Å²) in [5.41, 5.74) is 3.00. The van der Waals surface area contributed by atoms with Crippen molar-refractivity contribution in [1.29, 1.82) is 0 Å². The third kappa shape index (κ3) is 3.95. The van der Waals surface area contributed by atoms with Gasteiger partial charge in [0.1, 0.15) is 0 Å². The van der Waals surface area contributed by atoms with Gasteiger partial charge in [-0.3, -0.25) is 4.90 Å². The third-order valence-electron chi connectivity index (χ3n) is 4.35. The molecule has 2 heterocycles. The molecular formula is C16H25ClN2. The fourth-order valence-corrected chi connectivity index (χ4v) is 3.23. The molecule has 1 unspecified atom stereocenters. The molecule has 1 aromatic rings. The SMILES string of the molecule is Cl.c1cc(C2CCCNC2)ccc1CN1CCCC1. The molecule has 19 heavy (non-hydrogen) atoms. The Hall–Kier alpha value is -0.570. The van der Waals surface area contributed by atoms with Crippen LogP contribution in [0.15, 0.2) is 24.3 Å². The van der Waals surface area contributed by atoms with Crippen LogP contribution in [0.1, 0.15) is 42.7 Å². The molecule has 0 spiro atoms. The topological polar surface area (TPSA) is 15.3 Å². The van der Waals surface area contributed by atoms with Gasteiger partial charge in [-0.15, -0.1) is 12.4 Å². The highest BCUT2D eigenvalue weighted by atomic mass is 35.5. The molecule has 1 atom stereocenters. The Labute approximate surface area is 123 Å². The van der Waals surface area contributed by atoms with E-state index in [1.807, 2.05) is 0 Å². The third-order valence-corrected chi connectivity index (χ3v) is 4.35. The van der Waals surface area contributed by atoms with Gasteiger partial charge in [0.2, 0.25) is 0 Å². The molecule has 2 fully saturated rings. The number of hydrogen-bond donors (Lipinski definition) is 1. The lowest BCUT2D eigenvalue weighted by atomic mass is 9.91.